The first-order chi connectivity index (χ1) is 5.86. The molecule has 0 aromatic rings. The molecule has 12 heavy (non-hydrogen) atoms. The molecular weight excluding hydrogens is 196 g/mol. The number of hydrogen-bond donors (Lipinski definition) is 0. The molecular formula is C7H10O3S2. The molecule has 2 aliphatic rings. The summed E-state index contributed by atoms with van der Waals surface area (Å²) in [6.07, 6.45) is -0.501. The summed E-state index contributed by atoms with van der Waals surface area (Å²) in [4.78, 5) is 10.8. The van der Waals surface area contributed by atoms with Crippen molar-refractivity contribution in [2.75, 3.05) is 24.7 Å². The quantitative estimate of drug-likeness (QED) is 0.446. The van der Waals surface area contributed by atoms with Crippen LogP contribution in [0.5, 0.6) is 0 Å². The fraction of sp³-hybridized carbons (Fsp3) is 0.857. The zero-order chi connectivity index (χ0) is 8.39. The molecule has 0 saturated carbocycles. The summed E-state index contributed by atoms with van der Waals surface area (Å²) in [6.45, 7) is 1.08. The molecule has 2 fully saturated rings. The molecule has 0 aromatic heterocycles. The molecule has 0 amide bonds. The highest BCUT2D eigenvalue weighted by atomic mass is 33.1. The number of carbonyl (C=O) groups excluding carboxylic acids is 1. The molecule has 2 saturated heterocycles. The highest BCUT2D eigenvalue weighted by Gasteiger charge is 2.31. The number of hydrogen-bond acceptors (Lipinski definition) is 5. The minimum atomic E-state index is -0.501. The lowest BCUT2D eigenvalue weighted by molar-refractivity contribution is 0.0692. The van der Waals surface area contributed by atoms with E-state index < -0.39 is 6.16 Å². The first kappa shape index (κ1) is 8.56. The lowest BCUT2D eigenvalue weighted by Gasteiger charge is -2.25. The maximum atomic E-state index is 10.8. The van der Waals surface area contributed by atoms with Crippen molar-refractivity contribution in [1.29, 1.82) is 0 Å². The van der Waals surface area contributed by atoms with E-state index in [0.717, 1.165) is 11.5 Å². The Kier molecular flexibility index (Phi) is 2.70. The van der Waals surface area contributed by atoms with Crippen LogP contribution in [0.1, 0.15) is 0 Å². The van der Waals surface area contributed by atoms with E-state index in [-0.39, 0.29) is 0 Å². The second-order valence-corrected chi connectivity index (χ2v) is 5.51. The van der Waals surface area contributed by atoms with Crippen molar-refractivity contribution in [3.8, 4) is 0 Å². The van der Waals surface area contributed by atoms with Gasteiger partial charge in [0.05, 0.1) is 13.2 Å². The molecule has 2 aliphatic heterocycles. The maximum Gasteiger partial charge on any atom is 0.508 e. The van der Waals surface area contributed by atoms with E-state index >= 15 is 0 Å². The van der Waals surface area contributed by atoms with Crippen molar-refractivity contribution in [2.45, 2.75) is 0 Å². The van der Waals surface area contributed by atoms with Crippen molar-refractivity contribution in [3.63, 3.8) is 0 Å². The van der Waals surface area contributed by atoms with Crippen molar-refractivity contribution in [2.24, 2.45) is 11.8 Å². The van der Waals surface area contributed by atoms with Crippen LogP contribution in [-0.2, 0) is 9.47 Å². The molecule has 0 spiro atoms. The molecule has 2 heterocycles. The van der Waals surface area contributed by atoms with Crippen molar-refractivity contribution < 1.29 is 14.3 Å². The van der Waals surface area contributed by atoms with Gasteiger partial charge in [0.1, 0.15) is 0 Å². The monoisotopic (exact) mass is 206 g/mol. The molecule has 0 radical (unpaired) electrons. The first-order valence-electron chi connectivity index (χ1n) is 3.90. The zero-order valence-corrected chi connectivity index (χ0v) is 8.16. The Morgan fingerprint density at radius 3 is 2.08 bits per heavy atom. The van der Waals surface area contributed by atoms with Crippen LogP contribution in [-0.4, -0.2) is 30.9 Å². The highest BCUT2D eigenvalue weighted by molar-refractivity contribution is 8.76. The Labute approximate surface area is 79.0 Å². The van der Waals surface area contributed by atoms with Crippen LogP contribution < -0.4 is 0 Å². The molecule has 0 aromatic carbocycles. The van der Waals surface area contributed by atoms with Gasteiger partial charge >= 0.3 is 6.16 Å². The van der Waals surface area contributed by atoms with Crippen molar-refractivity contribution >= 4 is 27.7 Å². The Morgan fingerprint density at radius 1 is 1.08 bits per heavy atom. The third kappa shape index (κ3) is 1.82. The summed E-state index contributed by atoms with van der Waals surface area (Å²) < 4.78 is 9.78. The minimum Gasteiger partial charge on any atom is -0.434 e. The summed E-state index contributed by atoms with van der Waals surface area (Å²) in [5.74, 6) is 3.16. The lowest BCUT2D eigenvalue weighted by Crippen LogP contribution is -2.27. The molecule has 0 aliphatic carbocycles. The van der Waals surface area contributed by atoms with Gasteiger partial charge in [-0.25, -0.2) is 4.79 Å². The molecule has 2 rings (SSSR count). The Balaban J connectivity index is 1.98. The van der Waals surface area contributed by atoms with Crippen LogP contribution in [0.2, 0.25) is 0 Å². The van der Waals surface area contributed by atoms with Crippen LogP contribution in [0.3, 0.4) is 0 Å². The van der Waals surface area contributed by atoms with Gasteiger partial charge in [-0.05, 0) is 0 Å². The Morgan fingerprint density at radius 2 is 1.58 bits per heavy atom. The van der Waals surface area contributed by atoms with E-state index in [2.05, 4.69) is 0 Å². The summed E-state index contributed by atoms with van der Waals surface area (Å²) >= 11 is 0. The van der Waals surface area contributed by atoms with Gasteiger partial charge in [0.2, 0.25) is 0 Å². The van der Waals surface area contributed by atoms with E-state index in [0.29, 0.717) is 25.0 Å². The van der Waals surface area contributed by atoms with E-state index in [1.807, 2.05) is 21.6 Å². The van der Waals surface area contributed by atoms with Gasteiger partial charge in [-0.1, -0.05) is 21.6 Å². The number of cyclic esters (lactones) is 2. The standard InChI is InChI=1S/C7H10O3S2/c8-7-9-1-5-3-11-12-4-6(5)2-10-7/h5-6H,1-4H2. The predicted molar refractivity (Wildman–Crippen MR) is 49.2 cm³/mol. The van der Waals surface area contributed by atoms with E-state index in [4.69, 9.17) is 9.47 Å². The van der Waals surface area contributed by atoms with E-state index in [1.165, 1.54) is 0 Å². The summed E-state index contributed by atoms with van der Waals surface area (Å²) in [7, 11) is 3.72. The fourth-order valence-electron chi connectivity index (χ4n) is 1.30. The largest absolute Gasteiger partial charge is 0.508 e. The molecule has 2 unspecified atom stereocenters. The van der Waals surface area contributed by atoms with Gasteiger partial charge in [-0.2, -0.15) is 0 Å². The van der Waals surface area contributed by atoms with Gasteiger partial charge in [-0.15, -0.1) is 0 Å². The Bertz CT molecular complexity index is 167. The van der Waals surface area contributed by atoms with E-state index in [9.17, 15) is 4.79 Å². The SMILES string of the molecule is O=C1OCC2CSSCC2CO1. The normalized spacial score (nSPS) is 35.8. The molecule has 0 N–H and O–H groups in total. The summed E-state index contributed by atoms with van der Waals surface area (Å²) in [5, 5.41) is 0. The zero-order valence-electron chi connectivity index (χ0n) is 6.52. The number of carbonyl (C=O) groups is 1. The van der Waals surface area contributed by atoms with Gasteiger partial charge in [0.15, 0.2) is 0 Å². The average Bonchev–Trinajstić information content (AvgIpc) is 2.29. The molecule has 5 heteroatoms. The fourth-order valence-corrected chi connectivity index (χ4v) is 4.21. The minimum absolute atomic E-state index is 0.501. The number of fused-ring (bicyclic) bond motifs is 1. The third-order valence-electron chi connectivity index (χ3n) is 2.14. The van der Waals surface area contributed by atoms with Crippen molar-refractivity contribution in [3.05, 3.63) is 0 Å². The van der Waals surface area contributed by atoms with Crippen LogP contribution in [0.4, 0.5) is 4.79 Å². The number of ether oxygens (including phenoxy) is 2. The van der Waals surface area contributed by atoms with Gasteiger partial charge < -0.3 is 9.47 Å². The summed E-state index contributed by atoms with van der Waals surface area (Å²) in [6, 6.07) is 0. The van der Waals surface area contributed by atoms with Gasteiger partial charge in [0, 0.05) is 23.3 Å². The molecule has 0 bridgehead atoms. The third-order valence-corrected chi connectivity index (χ3v) is 4.76. The smallest absolute Gasteiger partial charge is 0.434 e. The second-order valence-electron chi connectivity index (χ2n) is 2.96. The predicted octanol–water partition coefficient (Wildman–Crippen LogP) is 1.78. The van der Waals surface area contributed by atoms with Gasteiger partial charge in [-0.3, -0.25) is 0 Å². The van der Waals surface area contributed by atoms with Crippen LogP contribution in [0.15, 0.2) is 0 Å². The average molecular weight is 206 g/mol. The first-order valence-corrected chi connectivity index (χ1v) is 6.39. The van der Waals surface area contributed by atoms with Crippen LogP contribution >= 0.6 is 21.6 Å². The topological polar surface area (TPSA) is 35.5 Å². The molecule has 2 atom stereocenters. The maximum absolute atomic E-state index is 10.8. The highest BCUT2D eigenvalue weighted by Crippen LogP contribution is 2.37. The van der Waals surface area contributed by atoms with Crippen LogP contribution in [0, 0.1) is 11.8 Å². The molecule has 3 nitrogen and oxygen atoms in total. The second kappa shape index (κ2) is 3.79. The Hall–Kier alpha value is -0.0300. The molecule has 68 valence electrons. The summed E-state index contributed by atoms with van der Waals surface area (Å²) in [5.41, 5.74) is 0. The lowest BCUT2D eigenvalue weighted by atomic mass is 9.98. The number of rotatable bonds is 0. The van der Waals surface area contributed by atoms with Gasteiger partial charge in [0.25, 0.3) is 0 Å². The van der Waals surface area contributed by atoms with Crippen molar-refractivity contribution in [1.82, 2.24) is 0 Å². The van der Waals surface area contributed by atoms with E-state index in [1.54, 1.807) is 0 Å². The van der Waals surface area contributed by atoms with Crippen LogP contribution in [0.25, 0.3) is 0 Å².